The highest BCUT2D eigenvalue weighted by molar-refractivity contribution is 7.89. The first-order valence-corrected chi connectivity index (χ1v) is 7.90. The second-order valence-electron chi connectivity index (χ2n) is 5.02. The van der Waals surface area contributed by atoms with Crippen LogP contribution in [0.2, 0.25) is 0 Å². The Kier molecular flexibility index (Phi) is 4.23. The third-order valence-corrected chi connectivity index (χ3v) is 5.14. The van der Waals surface area contributed by atoms with Crippen molar-refractivity contribution in [1.82, 2.24) is 10.0 Å². The van der Waals surface area contributed by atoms with Crippen LogP contribution < -0.4 is 10.0 Å². The number of piperidine rings is 1. The van der Waals surface area contributed by atoms with E-state index in [1.165, 1.54) is 18.2 Å². The van der Waals surface area contributed by atoms with Crippen LogP contribution in [-0.2, 0) is 10.0 Å². The number of sulfonamides is 1. The molecule has 19 heavy (non-hydrogen) atoms. The lowest BCUT2D eigenvalue weighted by Gasteiger charge is -2.30. The van der Waals surface area contributed by atoms with Crippen LogP contribution in [-0.4, -0.2) is 27.0 Å². The fraction of sp³-hybridized carbons (Fsp3) is 0.538. The van der Waals surface area contributed by atoms with Gasteiger partial charge in [0.15, 0.2) is 0 Å². The van der Waals surface area contributed by atoms with Crippen LogP contribution in [0.5, 0.6) is 0 Å². The summed E-state index contributed by atoms with van der Waals surface area (Å²) >= 11 is 0. The summed E-state index contributed by atoms with van der Waals surface area (Å²) in [7, 11) is -3.60. The molecule has 0 unspecified atom stereocenters. The molecule has 1 aromatic rings. The van der Waals surface area contributed by atoms with Gasteiger partial charge in [0.1, 0.15) is 5.82 Å². The van der Waals surface area contributed by atoms with Gasteiger partial charge in [-0.25, -0.2) is 17.5 Å². The van der Waals surface area contributed by atoms with Gasteiger partial charge in [-0.2, -0.15) is 0 Å². The van der Waals surface area contributed by atoms with Crippen molar-refractivity contribution in [3.63, 3.8) is 0 Å². The summed E-state index contributed by atoms with van der Waals surface area (Å²) in [6.45, 7) is 4.47. The van der Waals surface area contributed by atoms with E-state index in [4.69, 9.17) is 0 Å². The van der Waals surface area contributed by atoms with E-state index < -0.39 is 15.8 Å². The van der Waals surface area contributed by atoms with Gasteiger partial charge in [-0.3, -0.25) is 0 Å². The topological polar surface area (TPSA) is 58.2 Å². The molecule has 1 heterocycles. The maximum Gasteiger partial charge on any atom is 0.241 e. The second-order valence-corrected chi connectivity index (χ2v) is 6.71. The Bertz CT molecular complexity index is 560. The summed E-state index contributed by atoms with van der Waals surface area (Å²) in [5.74, 6) is -0.427. The first-order chi connectivity index (χ1) is 8.90. The SMILES string of the molecule is Cc1cc(F)ccc1S(=O)(=O)N[C@H]1CCCN[C@@H]1C. The Labute approximate surface area is 113 Å². The van der Waals surface area contributed by atoms with E-state index in [2.05, 4.69) is 10.0 Å². The van der Waals surface area contributed by atoms with Crippen molar-refractivity contribution in [3.8, 4) is 0 Å². The lowest BCUT2D eigenvalue weighted by Crippen LogP contribution is -2.51. The van der Waals surface area contributed by atoms with Crippen LogP contribution in [0.25, 0.3) is 0 Å². The molecule has 0 spiro atoms. The van der Waals surface area contributed by atoms with E-state index in [-0.39, 0.29) is 17.0 Å². The lowest BCUT2D eigenvalue weighted by molar-refractivity contribution is 0.348. The molecule has 0 saturated carbocycles. The molecule has 6 heteroatoms. The zero-order chi connectivity index (χ0) is 14.0. The summed E-state index contributed by atoms with van der Waals surface area (Å²) < 4.78 is 40.4. The van der Waals surface area contributed by atoms with E-state index in [0.29, 0.717) is 5.56 Å². The van der Waals surface area contributed by atoms with Gasteiger partial charge in [-0.1, -0.05) is 0 Å². The first-order valence-electron chi connectivity index (χ1n) is 6.42. The van der Waals surface area contributed by atoms with Gasteiger partial charge in [0.25, 0.3) is 0 Å². The van der Waals surface area contributed by atoms with Crippen LogP contribution in [0, 0.1) is 12.7 Å². The number of hydrogen-bond acceptors (Lipinski definition) is 3. The average molecular weight is 286 g/mol. The summed E-state index contributed by atoms with van der Waals surface area (Å²) in [5, 5.41) is 3.24. The van der Waals surface area contributed by atoms with Gasteiger partial charge in [-0.05, 0) is 57.0 Å². The molecule has 0 aromatic heterocycles. The van der Waals surface area contributed by atoms with Crippen LogP contribution in [0.3, 0.4) is 0 Å². The van der Waals surface area contributed by atoms with Crippen molar-refractivity contribution in [2.45, 2.75) is 43.7 Å². The molecule has 2 N–H and O–H groups in total. The van der Waals surface area contributed by atoms with Crippen molar-refractivity contribution in [3.05, 3.63) is 29.6 Å². The highest BCUT2D eigenvalue weighted by Gasteiger charge is 2.27. The van der Waals surface area contributed by atoms with Gasteiger partial charge in [0.05, 0.1) is 4.90 Å². The fourth-order valence-electron chi connectivity index (χ4n) is 2.38. The summed E-state index contributed by atoms with van der Waals surface area (Å²) in [4.78, 5) is 0.145. The molecule has 106 valence electrons. The number of hydrogen-bond donors (Lipinski definition) is 2. The van der Waals surface area contributed by atoms with Gasteiger partial charge in [0, 0.05) is 12.1 Å². The predicted octanol–water partition coefficient (Wildman–Crippen LogP) is 1.55. The van der Waals surface area contributed by atoms with Crippen LogP contribution in [0.15, 0.2) is 23.1 Å². The quantitative estimate of drug-likeness (QED) is 0.886. The summed E-state index contributed by atoms with van der Waals surface area (Å²) in [6.07, 6.45) is 1.76. The van der Waals surface area contributed by atoms with Crippen LogP contribution >= 0.6 is 0 Å². The van der Waals surface area contributed by atoms with Crippen LogP contribution in [0.1, 0.15) is 25.3 Å². The molecule has 0 aliphatic carbocycles. The normalized spacial score (nSPS) is 24.4. The Morgan fingerprint density at radius 2 is 2.16 bits per heavy atom. The molecule has 1 fully saturated rings. The Balaban J connectivity index is 2.22. The van der Waals surface area contributed by atoms with Crippen molar-refractivity contribution < 1.29 is 12.8 Å². The summed E-state index contributed by atoms with van der Waals surface area (Å²) in [5.41, 5.74) is 0.420. The molecule has 1 aliphatic heterocycles. The molecule has 1 aromatic carbocycles. The zero-order valence-corrected chi connectivity index (χ0v) is 11.9. The molecular formula is C13H19FN2O2S. The van der Waals surface area contributed by atoms with Crippen molar-refractivity contribution in [1.29, 1.82) is 0 Å². The minimum atomic E-state index is -3.60. The third kappa shape index (κ3) is 3.32. The molecule has 1 aliphatic rings. The predicted molar refractivity (Wildman–Crippen MR) is 71.9 cm³/mol. The number of aryl methyl sites for hydroxylation is 1. The van der Waals surface area contributed by atoms with Gasteiger partial charge >= 0.3 is 0 Å². The second kappa shape index (κ2) is 5.56. The largest absolute Gasteiger partial charge is 0.313 e. The molecule has 0 radical (unpaired) electrons. The number of rotatable bonds is 3. The molecule has 2 atom stereocenters. The Hall–Kier alpha value is -0.980. The Morgan fingerprint density at radius 3 is 2.79 bits per heavy atom. The maximum absolute atomic E-state index is 13.0. The van der Waals surface area contributed by atoms with Crippen LogP contribution in [0.4, 0.5) is 4.39 Å². The summed E-state index contributed by atoms with van der Waals surface area (Å²) in [6, 6.07) is 3.70. The van der Waals surface area contributed by atoms with Crippen molar-refractivity contribution in [2.75, 3.05) is 6.54 Å². The van der Waals surface area contributed by atoms with E-state index in [9.17, 15) is 12.8 Å². The van der Waals surface area contributed by atoms with Crippen molar-refractivity contribution >= 4 is 10.0 Å². The first kappa shape index (κ1) is 14.4. The monoisotopic (exact) mass is 286 g/mol. The third-order valence-electron chi connectivity index (χ3n) is 3.49. The fourth-order valence-corrected chi connectivity index (χ4v) is 3.96. The van der Waals surface area contributed by atoms with E-state index in [1.54, 1.807) is 6.92 Å². The molecule has 4 nitrogen and oxygen atoms in total. The molecule has 0 bridgehead atoms. The van der Waals surface area contributed by atoms with Crippen molar-refractivity contribution in [2.24, 2.45) is 0 Å². The van der Waals surface area contributed by atoms with E-state index in [1.807, 2.05) is 6.92 Å². The zero-order valence-electron chi connectivity index (χ0n) is 11.1. The van der Waals surface area contributed by atoms with E-state index >= 15 is 0 Å². The van der Waals surface area contributed by atoms with Gasteiger partial charge < -0.3 is 5.32 Å². The molecule has 0 amide bonds. The molecule has 2 rings (SSSR count). The van der Waals surface area contributed by atoms with E-state index in [0.717, 1.165) is 19.4 Å². The smallest absolute Gasteiger partial charge is 0.241 e. The minimum absolute atomic E-state index is 0.101. The highest BCUT2D eigenvalue weighted by Crippen LogP contribution is 2.18. The lowest BCUT2D eigenvalue weighted by atomic mass is 10.0. The number of benzene rings is 1. The average Bonchev–Trinajstić information content (AvgIpc) is 2.31. The number of halogens is 1. The van der Waals surface area contributed by atoms with Gasteiger partial charge in [0.2, 0.25) is 10.0 Å². The maximum atomic E-state index is 13.0. The molecule has 1 saturated heterocycles. The Morgan fingerprint density at radius 1 is 1.42 bits per heavy atom. The van der Waals surface area contributed by atoms with Gasteiger partial charge in [-0.15, -0.1) is 0 Å². The molecular weight excluding hydrogens is 267 g/mol. The standard InChI is InChI=1S/C13H19FN2O2S/c1-9-8-11(14)5-6-13(9)19(17,18)16-12-4-3-7-15-10(12)2/h5-6,8,10,12,15-16H,3-4,7H2,1-2H3/t10-,12+/m1/s1. The minimum Gasteiger partial charge on any atom is -0.313 e. The number of nitrogens with one attached hydrogen (secondary N) is 2. The highest BCUT2D eigenvalue weighted by atomic mass is 32.2.